The van der Waals surface area contributed by atoms with Crippen molar-refractivity contribution in [3.63, 3.8) is 0 Å². The van der Waals surface area contributed by atoms with Gasteiger partial charge in [-0.1, -0.05) is 0 Å². The van der Waals surface area contributed by atoms with E-state index in [1.807, 2.05) is 0 Å². The monoisotopic (exact) mass is 422 g/mol. The summed E-state index contributed by atoms with van der Waals surface area (Å²) in [7, 11) is -0.763. The number of ether oxygens (including phenoxy) is 2. The van der Waals surface area contributed by atoms with Crippen molar-refractivity contribution in [1.82, 2.24) is 0 Å². The zero-order valence-corrected chi connectivity index (χ0v) is 17.3. The zero-order valence-electron chi connectivity index (χ0n) is 16.4. The molecule has 0 radical (unpaired) electrons. The second-order valence-corrected chi connectivity index (χ2v) is 9.05. The Bertz CT molecular complexity index is 1020. The van der Waals surface area contributed by atoms with E-state index in [0.717, 1.165) is 4.31 Å². The van der Waals surface area contributed by atoms with Gasteiger partial charge in [0, 0.05) is 19.3 Å². The Morgan fingerprint density at radius 1 is 1.28 bits per heavy atom. The lowest BCUT2D eigenvalue weighted by Crippen LogP contribution is -2.36. The van der Waals surface area contributed by atoms with Gasteiger partial charge in [-0.3, -0.25) is 9.10 Å². The van der Waals surface area contributed by atoms with Crippen molar-refractivity contribution in [2.24, 2.45) is 0 Å². The Morgan fingerprint density at radius 3 is 2.66 bits per heavy atom. The van der Waals surface area contributed by atoms with E-state index in [1.54, 1.807) is 13.0 Å². The van der Waals surface area contributed by atoms with E-state index in [0.29, 0.717) is 35.7 Å². The molecule has 1 heterocycles. The number of sulfonamides is 1. The molecule has 1 N–H and O–H groups in total. The maximum absolute atomic E-state index is 13.5. The molecule has 0 bridgehead atoms. The van der Waals surface area contributed by atoms with Gasteiger partial charge in [0.1, 0.15) is 16.8 Å². The number of nitrogens with zero attached hydrogens (tertiary/aromatic N) is 1. The van der Waals surface area contributed by atoms with E-state index in [9.17, 15) is 17.6 Å². The van der Waals surface area contributed by atoms with Crippen LogP contribution in [0.1, 0.15) is 22.3 Å². The summed E-state index contributed by atoms with van der Waals surface area (Å²) in [6.45, 7) is 2.16. The summed E-state index contributed by atoms with van der Waals surface area (Å²) in [5.74, 6) is -0.574. The standard InChI is InChI=1S/C20H23FN2O5S/c1-13-10-14(4-6-18(13)21)22-20(24)17-11-15(5-7-19(17)27-3)23(2)29(25,26)16-8-9-28-12-16/h4-7,10-11,16H,8-9,12H2,1-3H3,(H,22,24). The molecule has 2 aromatic rings. The van der Waals surface area contributed by atoms with E-state index < -0.39 is 21.2 Å². The second-order valence-electron chi connectivity index (χ2n) is 6.80. The molecule has 29 heavy (non-hydrogen) atoms. The normalized spacial score (nSPS) is 16.5. The molecule has 9 heteroatoms. The maximum atomic E-state index is 13.5. The molecule has 2 aromatic carbocycles. The number of aryl methyl sites for hydroxylation is 1. The van der Waals surface area contributed by atoms with Crippen LogP contribution in [0.5, 0.6) is 5.75 Å². The van der Waals surface area contributed by atoms with Crippen molar-refractivity contribution < 1.29 is 27.1 Å². The number of carbonyl (C=O) groups excluding carboxylic acids is 1. The van der Waals surface area contributed by atoms with Gasteiger partial charge in [-0.05, 0) is 55.3 Å². The van der Waals surface area contributed by atoms with Crippen LogP contribution < -0.4 is 14.4 Å². The molecular formula is C20H23FN2O5S. The average molecular weight is 422 g/mol. The first kappa shape index (κ1) is 21.1. The van der Waals surface area contributed by atoms with Crippen molar-refractivity contribution >= 4 is 27.3 Å². The van der Waals surface area contributed by atoms with Crippen LogP contribution in [-0.2, 0) is 14.8 Å². The number of nitrogens with one attached hydrogen (secondary N) is 1. The first-order valence-corrected chi connectivity index (χ1v) is 10.6. The number of amides is 1. The first-order chi connectivity index (χ1) is 13.7. The molecule has 1 atom stereocenters. The lowest BCUT2D eigenvalue weighted by atomic mass is 10.1. The van der Waals surface area contributed by atoms with Crippen LogP contribution in [-0.4, -0.2) is 46.9 Å². The van der Waals surface area contributed by atoms with Crippen molar-refractivity contribution in [1.29, 1.82) is 0 Å². The smallest absolute Gasteiger partial charge is 0.259 e. The van der Waals surface area contributed by atoms with Crippen molar-refractivity contribution in [3.05, 3.63) is 53.3 Å². The van der Waals surface area contributed by atoms with Crippen molar-refractivity contribution in [2.45, 2.75) is 18.6 Å². The molecule has 1 fully saturated rings. The summed E-state index contributed by atoms with van der Waals surface area (Å²) in [5, 5.41) is 2.07. The van der Waals surface area contributed by atoms with Crippen molar-refractivity contribution in [2.75, 3.05) is 37.0 Å². The van der Waals surface area contributed by atoms with Gasteiger partial charge in [-0.15, -0.1) is 0 Å². The minimum absolute atomic E-state index is 0.153. The Kier molecular flexibility index (Phi) is 6.09. The molecule has 1 amide bonds. The van der Waals surface area contributed by atoms with E-state index in [1.165, 1.54) is 44.5 Å². The molecule has 3 rings (SSSR count). The van der Waals surface area contributed by atoms with Gasteiger partial charge in [0.25, 0.3) is 5.91 Å². The highest BCUT2D eigenvalue weighted by Crippen LogP contribution is 2.29. The molecule has 7 nitrogen and oxygen atoms in total. The number of halogens is 1. The molecule has 0 saturated carbocycles. The Morgan fingerprint density at radius 2 is 2.03 bits per heavy atom. The Balaban J connectivity index is 1.90. The molecule has 1 unspecified atom stereocenters. The molecule has 1 aliphatic rings. The van der Waals surface area contributed by atoms with Crippen LogP contribution in [0.4, 0.5) is 15.8 Å². The lowest BCUT2D eigenvalue weighted by molar-refractivity contribution is 0.102. The van der Waals surface area contributed by atoms with E-state index in [4.69, 9.17) is 9.47 Å². The third kappa shape index (κ3) is 4.35. The van der Waals surface area contributed by atoms with E-state index in [2.05, 4.69) is 5.32 Å². The van der Waals surface area contributed by atoms with Gasteiger partial charge in [-0.2, -0.15) is 0 Å². The highest BCUT2D eigenvalue weighted by Gasteiger charge is 2.33. The zero-order chi connectivity index (χ0) is 21.2. The van der Waals surface area contributed by atoms with Crippen LogP contribution in [0.3, 0.4) is 0 Å². The number of hydrogen-bond donors (Lipinski definition) is 1. The van der Waals surface area contributed by atoms with E-state index >= 15 is 0 Å². The fourth-order valence-electron chi connectivity index (χ4n) is 3.11. The maximum Gasteiger partial charge on any atom is 0.259 e. The van der Waals surface area contributed by atoms with Gasteiger partial charge in [-0.25, -0.2) is 12.8 Å². The quantitative estimate of drug-likeness (QED) is 0.774. The molecular weight excluding hydrogens is 399 g/mol. The number of hydrogen-bond acceptors (Lipinski definition) is 5. The van der Waals surface area contributed by atoms with Crippen molar-refractivity contribution in [3.8, 4) is 5.75 Å². The molecule has 0 spiro atoms. The number of carbonyl (C=O) groups is 1. The number of benzene rings is 2. The molecule has 0 aliphatic carbocycles. The topological polar surface area (TPSA) is 84.9 Å². The highest BCUT2D eigenvalue weighted by atomic mass is 32.2. The lowest BCUT2D eigenvalue weighted by Gasteiger charge is -2.23. The van der Waals surface area contributed by atoms with Crippen LogP contribution >= 0.6 is 0 Å². The summed E-state index contributed by atoms with van der Waals surface area (Å²) in [5.41, 5.74) is 1.31. The first-order valence-electron chi connectivity index (χ1n) is 9.05. The van der Waals surface area contributed by atoms with Crippen LogP contribution in [0.15, 0.2) is 36.4 Å². The molecule has 1 saturated heterocycles. The van der Waals surface area contributed by atoms with Crippen LogP contribution in [0.2, 0.25) is 0 Å². The largest absolute Gasteiger partial charge is 0.496 e. The van der Waals surface area contributed by atoms with Gasteiger partial charge in [0.15, 0.2) is 0 Å². The van der Waals surface area contributed by atoms with Crippen LogP contribution in [0, 0.1) is 12.7 Å². The molecule has 0 aromatic heterocycles. The molecule has 1 aliphatic heterocycles. The SMILES string of the molecule is COc1ccc(N(C)S(=O)(=O)C2CCOC2)cc1C(=O)Nc1ccc(F)c(C)c1. The Labute approximate surface area is 169 Å². The highest BCUT2D eigenvalue weighted by molar-refractivity contribution is 7.93. The number of methoxy groups -OCH3 is 1. The summed E-state index contributed by atoms with van der Waals surface area (Å²) < 4.78 is 50.7. The Hall–Kier alpha value is -2.65. The average Bonchev–Trinajstić information content (AvgIpc) is 3.25. The third-order valence-electron chi connectivity index (χ3n) is 4.90. The summed E-state index contributed by atoms with van der Waals surface area (Å²) in [4.78, 5) is 12.8. The second kappa shape index (κ2) is 8.38. The van der Waals surface area contributed by atoms with Gasteiger partial charge in [0.2, 0.25) is 10.0 Å². The number of rotatable bonds is 6. The predicted octanol–water partition coefficient (Wildman–Crippen LogP) is 2.95. The van der Waals surface area contributed by atoms with Gasteiger partial charge < -0.3 is 14.8 Å². The fraction of sp³-hybridized carbons (Fsp3) is 0.350. The van der Waals surface area contributed by atoms with Gasteiger partial charge >= 0.3 is 0 Å². The fourth-order valence-corrected chi connectivity index (χ4v) is 4.63. The number of anilines is 2. The summed E-state index contributed by atoms with van der Waals surface area (Å²) in [6.07, 6.45) is 0.431. The minimum Gasteiger partial charge on any atom is -0.496 e. The van der Waals surface area contributed by atoms with Gasteiger partial charge in [0.05, 0.1) is 25.0 Å². The summed E-state index contributed by atoms with van der Waals surface area (Å²) in [6, 6.07) is 8.80. The minimum atomic E-state index is -3.63. The predicted molar refractivity (Wildman–Crippen MR) is 109 cm³/mol. The van der Waals surface area contributed by atoms with Crippen LogP contribution in [0.25, 0.3) is 0 Å². The molecule has 156 valence electrons. The summed E-state index contributed by atoms with van der Waals surface area (Å²) >= 11 is 0. The van der Waals surface area contributed by atoms with E-state index in [-0.39, 0.29) is 18.0 Å². The third-order valence-corrected chi connectivity index (χ3v) is 7.09.